The number of nitrogens with zero attached hydrogens (tertiary/aromatic N) is 4. The first kappa shape index (κ1) is 39.9. The van der Waals surface area contributed by atoms with E-state index in [4.69, 9.17) is 0 Å². The molecule has 6 heteroatoms. The molecular formula is C38H76F2N4. The number of rotatable bonds is 0. The molecule has 0 aromatic rings. The third-order valence-corrected chi connectivity index (χ3v) is 10.5. The Morgan fingerprint density at radius 3 is 0.932 bits per heavy atom. The van der Waals surface area contributed by atoms with E-state index < -0.39 is 12.3 Å². The van der Waals surface area contributed by atoms with Gasteiger partial charge in [-0.05, 0) is 165 Å². The molecule has 44 heavy (non-hydrogen) atoms. The molecule has 0 aromatic heterocycles. The molecule has 5 aliphatic heterocycles. The lowest BCUT2D eigenvalue weighted by atomic mass is 9.86. The van der Waals surface area contributed by atoms with E-state index in [1.165, 1.54) is 71.2 Å². The first-order valence-electron chi connectivity index (χ1n) is 18.1. The zero-order valence-electron chi connectivity index (χ0n) is 32.1. The van der Waals surface area contributed by atoms with Gasteiger partial charge in [0.1, 0.15) is 12.3 Å². The quantitative estimate of drug-likeness (QED) is 0.266. The zero-order valence-corrected chi connectivity index (χ0v) is 32.1. The van der Waals surface area contributed by atoms with Crippen LogP contribution in [0.3, 0.4) is 0 Å². The molecule has 2 atom stereocenters. The number of likely N-dealkylation sites (tertiary alicyclic amines) is 3. The van der Waals surface area contributed by atoms with Gasteiger partial charge in [0.2, 0.25) is 0 Å². The van der Waals surface area contributed by atoms with E-state index in [9.17, 15) is 8.78 Å². The molecule has 0 amide bonds. The maximum Gasteiger partial charge on any atom is 0.145 e. The smallest absolute Gasteiger partial charge is 0.145 e. The highest BCUT2D eigenvalue weighted by molar-refractivity contribution is 5.01. The monoisotopic (exact) mass is 627 g/mol. The molecule has 0 N–H and O–H groups in total. The summed E-state index contributed by atoms with van der Waals surface area (Å²) < 4.78 is 25.4. The Kier molecular flexibility index (Phi) is 13.9. The van der Waals surface area contributed by atoms with Crippen molar-refractivity contribution in [2.24, 2.45) is 17.3 Å². The van der Waals surface area contributed by atoms with Crippen LogP contribution in [-0.2, 0) is 0 Å². The number of hydrogen-bond donors (Lipinski definition) is 0. The normalized spacial score (nSPS) is 29.7. The third kappa shape index (κ3) is 13.1. The molecule has 5 heterocycles. The standard InChI is InChI=1S/C9H17N.C8H15F2N.2C7H15N.C7H14/c1-9(2,3)10-6-7-4-8(10)5-7;1-8(2,3)11-4-6(9)7(10)5-11;2*1-7(2,3)8-5-4-6-8;1-7(2,3)6-4-5-6/h7-8H,4-6H2,1-3H3;6-7H,4-5H2,1-3H3;2*4-6H2,1-3H3;6H,4-5H2,1-3H3/t;6-,7+;;;. The van der Waals surface area contributed by atoms with Gasteiger partial charge in [-0.15, -0.1) is 0 Å². The Hall–Kier alpha value is -0.300. The van der Waals surface area contributed by atoms with E-state index in [-0.39, 0.29) is 18.6 Å². The Balaban J connectivity index is 0.000000194. The van der Waals surface area contributed by atoms with Crippen molar-refractivity contribution in [3.05, 3.63) is 0 Å². The Morgan fingerprint density at radius 2 is 0.841 bits per heavy atom. The minimum atomic E-state index is -1.28. The number of hydrogen-bond acceptors (Lipinski definition) is 4. The Labute approximate surface area is 274 Å². The van der Waals surface area contributed by atoms with Crippen molar-refractivity contribution >= 4 is 0 Å². The molecule has 7 aliphatic rings. The van der Waals surface area contributed by atoms with Gasteiger partial charge in [0.05, 0.1) is 0 Å². The minimum Gasteiger partial charge on any atom is -0.298 e. The highest BCUT2D eigenvalue weighted by atomic mass is 19.2. The molecule has 262 valence electrons. The molecule has 7 fully saturated rings. The van der Waals surface area contributed by atoms with Crippen LogP contribution in [0.2, 0.25) is 0 Å². The van der Waals surface area contributed by atoms with E-state index in [0.717, 1.165) is 17.9 Å². The molecule has 5 saturated heterocycles. The van der Waals surface area contributed by atoms with Crippen molar-refractivity contribution in [1.29, 1.82) is 0 Å². The van der Waals surface area contributed by atoms with Crippen molar-refractivity contribution in [2.75, 3.05) is 45.8 Å². The van der Waals surface area contributed by atoms with Gasteiger partial charge in [0.25, 0.3) is 0 Å². The van der Waals surface area contributed by atoms with Gasteiger partial charge in [-0.2, -0.15) is 0 Å². The molecular weight excluding hydrogens is 550 g/mol. The van der Waals surface area contributed by atoms with Crippen LogP contribution in [0.1, 0.15) is 142 Å². The fourth-order valence-electron chi connectivity index (χ4n) is 6.55. The van der Waals surface area contributed by atoms with Crippen molar-refractivity contribution < 1.29 is 8.78 Å². The van der Waals surface area contributed by atoms with Crippen LogP contribution in [0, 0.1) is 17.3 Å². The summed E-state index contributed by atoms with van der Waals surface area (Å²) in [7, 11) is 0. The number of fused-ring (bicyclic) bond motifs is 1. The highest BCUT2D eigenvalue weighted by Crippen LogP contribution is 2.45. The second-order valence-electron chi connectivity index (χ2n) is 19.6. The summed E-state index contributed by atoms with van der Waals surface area (Å²) >= 11 is 0. The first-order valence-corrected chi connectivity index (χ1v) is 18.1. The van der Waals surface area contributed by atoms with Crippen molar-refractivity contribution in [1.82, 2.24) is 19.6 Å². The van der Waals surface area contributed by atoms with Crippen LogP contribution in [0.15, 0.2) is 0 Å². The van der Waals surface area contributed by atoms with E-state index in [2.05, 4.69) is 97.8 Å². The van der Waals surface area contributed by atoms with Gasteiger partial charge in [-0.3, -0.25) is 19.6 Å². The molecule has 0 spiro atoms. The molecule has 0 unspecified atom stereocenters. The van der Waals surface area contributed by atoms with Gasteiger partial charge in [0, 0.05) is 47.8 Å². The zero-order chi connectivity index (χ0) is 33.9. The first-order chi connectivity index (χ1) is 19.8. The lowest BCUT2D eigenvalue weighted by molar-refractivity contribution is 0.0689. The van der Waals surface area contributed by atoms with Crippen LogP contribution < -0.4 is 0 Å². The van der Waals surface area contributed by atoms with Crippen LogP contribution in [0.5, 0.6) is 0 Å². The van der Waals surface area contributed by atoms with Crippen LogP contribution in [0.25, 0.3) is 0 Å². The molecule has 2 saturated carbocycles. The fourth-order valence-corrected chi connectivity index (χ4v) is 6.55. The van der Waals surface area contributed by atoms with Crippen LogP contribution in [0.4, 0.5) is 8.78 Å². The predicted octanol–water partition coefficient (Wildman–Crippen LogP) is 9.08. The summed E-state index contributed by atoms with van der Waals surface area (Å²) in [6.45, 7) is 40.6. The molecule has 2 aliphatic carbocycles. The SMILES string of the molecule is CC(C)(C)C1CC1.CC(C)(C)N1CC2CC1C2.CC(C)(C)N1CCC1.CC(C)(C)N1CCC1.CC(C)(C)N1C[C@@H](F)[C@@H](F)C1. The summed E-state index contributed by atoms with van der Waals surface area (Å²) in [5, 5.41) is 0. The van der Waals surface area contributed by atoms with E-state index >= 15 is 0 Å². The predicted molar refractivity (Wildman–Crippen MR) is 188 cm³/mol. The van der Waals surface area contributed by atoms with Gasteiger partial charge < -0.3 is 0 Å². The molecule has 2 bridgehead atoms. The third-order valence-electron chi connectivity index (χ3n) is 10.5. The summed E-state index contributed by atoms with van der Waals surface area (Å²) in [4.78, 5) is 9.49. The van der Waals surface area contributed by atoms with Gasteiger partial charge >= 0.3 is 0 Å². The van der Waals surface area contributed by atoms with Crippen LogP contribution >= 0.6 is 0 Å². The minimum absolute atomic E-state index is 0.106. The molecule has 0 aromatic carbocycles. The van der Waals surface area contributed by atoms with Crippen molar-refractivity contribution in [3.63, 3.8) is 0 Å². The summed E-state index contributed by atoms with van der Waals surface area (Å²) in [6, 6.07) is 0.949. The largest absolute Gasteiger partial charge is 0.298 e. The number of halogens is 2. The van der Waals surface area contributed by atoms with E-state index in [1.807, 2.05) is 25.7 Å². The van der Waals surface area contributed by atoms with Gasteiger partial charge in [-0.1, -0.05) is 20.8 Å². The summed E-state index contributed by atoms with van der Waals surface area (Å²) in [5.74, 6) is 2.11. The van der Waals surface area contributed by atoms with Crippen molar-refractivity contribution in [3.8, 4) is 0 Å². The van der Waals surface area contributed by atoms with Gasteiger partial charge in [0.15, 0.2) is 0 Å². The molecule has 4 nitrogen and oxygen atoms in total. The number of alkyl halides is 2. The molecule has 0 radical (unpaired) electrons. The van der Waals surface area contributed by atoms with E-state index in [0.29, 0.717) is 22.0 Å². The Bertz CT molecular complexity index is 789. The van der Waals surface area contributed by atoms with E-state index in [1.54, 1.807) is 0 Å². The summed E-state index contributed by atoms with van der Waals surface area (Å²) in [5.41, 5.74) is 1.79. The average molecular weight is 627 g/mol. The maximum absolute atomic E-state index is 12.7. The molecule has 7 rings (SSSR count). The lowest BCUT2D eigenvalue weighted by Gasteiger charge is -2.42. The van der Waals surface area contributed by atoms with Gasteiger partial charge in [-0.25, -0.2) is 8.78 Å². The lowest BCUT2D eigenvalue weighted by Crippen LogP contribution is -2.49. The summed E-state index contributed by atoms with van der Waals surface area (Å²) in [6.07, 6.45) is 6.15. The topological polar surface area (TPSA) is 13.0 Å². The average Bonchev–Trinajstić information content (AvgIpc) is 3.22. The Morgan fingerprint density at radius 1 is 0.477 bits per heavy atom. The second kappa shape index (κ2) is 15.3. The van der Waals surface area contributed by atoms with Crippen LogP contribution in [-0.4, -0.2) is 106 Å². The van der Waals surface area contributed by atoms with Crippen molar-refractivity contribution in [2.45, 2.75) is 183 Å². The second-order valence-corrected chi connectivity index (χ2v) is 19.6. The highest BCUT2D eigenvalue weighted by Gasteiger charge is 2.46. The fraction of sp³-hybridized carbons (Fsp3) is 1.00. The maximum atomic E-state index is 12.7.